The zero-order chi connectivity index (χ0) is 13.8. The Morgan fingerprint density at radius 1 is 1.05 bits per heavy atom. The van der Waals surface area contributed by atoms with Crippen LogP contribution in [-0.4, -0.2) is 0 Å². The first kappa shape index (κ1) is 14.3. The average Bonchev–Trinajstić information content (AvgIpc) is 2.39. The fourth-order valence-corrected chi connectivity index (χ4v) is 2.74. The van der Waals surface area contributed by atoms with E-state index >= 15 is 0 Å². The lowest BCUT2D eigenvalue weighted by molar-refractivity contribution is 0.547. The molecule has 0 amide bonds. The molecule has 0 spiro atoms. The topological polar surface area (TPSA) is 38.0 Å². The first-order valence-electron chi connectivity index (χ1n) is 6.38. The number of hydrogen-bond acceptors (Lipinski definition) is 2. The van der Waals surface area contributed by atoms with E-state index in [0.717, 1.165) is 10.9 Å². The Bertz CT molecular complexity index is 529. The van der Waals surface area contributed by atoms with Gasteiger partial charge < -0.3 is 0 Å². The SMILES string of the molecule is Cc1cccc(C)c1C(Cc1ccc(Br)cc1)NN. The molecule has 0 saturated heterocycles. The maximum Gasteiger partial charge on any atom is 0.0505 e. The second-order valence-corrected chi connectivity index (χ2v) is 5.77. The molecule has 2 aromatic rings. The maximum absolute atomic E-state index is 5.76. The van der Waals surface area contributed by atoms with Gasteiger partial charge in [-0.05, 0) is 54.7 Å². The summed E-state index contributed by atoms with van der Waals surface area (Å²) >= 11 is 3.46. The second-order valence-electron chi connectivity index (χ2n) is 4.86. The molecule has 0 heterocycles. The van der Waals surface area contributed by atoms with Gasteiger partial charge in [-0.25, -0.2) is 0 Å². The number of nitrogens with one attached hydrogen (secondary N) is 1. The minimum absolute atomic E-state index is 0.141. The van der Waals surface area contributed by atoms with Crippen LogP contribution in [0.4, 0.5) is 0 Å². The zero-order valence-electron chi connectivity index (χ0n) is 11.3. The molecule has 0 aliphatic heterocycles. The van der Waals surface area contributed by atoms with Gasteiger partial charge in [0.1, 0.15) is 0 Å². The molecule has 0 aromatic heterocycles. The van der Waals surface area contributed by atoms with Gasteiger partial charge in [-0.1, -0.05) is 46.3 Å². The van der Waals surface area contributed by atoms with Crippen molar-refractivity contribution in [2.45, 2.75) is 26.3 Å². The van der Waals surface area contributed by atoms with Crippen LogP contribution >= 0.6 is 15.9 Å². The molecule has 19 heavy (non-hydrogen) atoms. The van der Waals surface area contributed by atoms with Crippen molar-refractivity contribution in [2.24, 2.45) is 5.84 Å². The number of hydrogen-bond donors (Lipinski definition) is 2. The zero-order valence-corrected chi connectivity index (χ0v) is 12.9. The minimum Gasteiger partial charge on any atom is -0.271 e. The van der Waals surface area contributed by atoms with Crippen molar-refractivity contribution in [3.63, 3.8) is 0 Å². The molecule has 1 unspecified atom stereocenters. The van der Waals surface area contributed by atoms with E-state index < -0.39 is 0 Å². The van der Waals surface area contributed by atoms with Crippen LogP contribution in [0.3, 0.4) is 0 Å². The number of rotatable bonds is 4. The molecule has 0 fully saturated rings. The van der Waals surface area contributed by atoms with Gasteiger partial charge in [-0.15, -0.1) is 0 Å². The Hall–Kier alpha value is -1.16. The molecule has 0 aliphatic rings. The van der Waals surface area contributed by atoms with Crippen LogP contribution in [0.2, 0.25) is 0 Å². The normalized spacial score (nSPS) is 12.4. The Kier molecular flexibility index (Phi) is 4.75. The van der Waals surface area contributed by atoms with E-state index in [4.69, 9.17) is 5.84 Å². The van der Waals surface area contributed by atoms with Gasteiger partial charge in [0.2, 0.25) is 0 Å². The summed E-state index contributed by atoms with van der Waals surface area (Å²) in [4.78, 5) is 0. The van der Waals surface area contributed by atoms with Gasteiger partial charge in [0.05, 0.1) is 6.04 Å². The molecule has 3 N–H and O–H groups in total. The van der Waals surface area contributed by atoms with E-state index in [1.807, 2.05) is 0 Å². The standard InChI is InChI=1S/C16H19BrN2/c1-11-4-3-5-12(2)16(11)15(19-18)10-13-6-8-14(17)9-7-13/h3-9,15,19H,10,18H2,1-2H3. The van der Waals surface area contributed by atoms with E-state index in [1.54, 1.807) is 0 Å². The molecular weight excluding hydrogens is 300 g/mol. The minimum atomic E-state index is 0.141. The van der Waals surface area contributed by atoms with Crippen LogP contribution in [0.15, 0.2) is 46.9 Å². The Morgan fingerprint density at radius 2 is 1.63 bits per heavy atom. The number of hydrazine groups is 1. The van der Waals surface area contributed by atoms with E-state index in [-0.39, 0.29) is 6.04 Å². The summed E-state index contributed by atoms with van der Waals surface area (Å²) in [6.45, 7) is 4.27. The Labute approximate surface area is 123 Å². The lowest BCUT2D eigenvalue weighted by Crippen LogP contribution is -2.30. The Morgan fingerprint density at radius 3 is 2.16 bits per heavy atom. The van der Waals surface area contributed by atoms with E-state index in [2.05, 4.69) is 77.7 Å². The number of halogens is 1. The summed E-state index contributed by atoms with van der Waals surface area (Å²) in [6, 6.07) is 14.9. The number of nitrogens with two attached hydrogens (primary N) is 1. The molecule has 0 saturated carbocycles. The quantitative estimate of drug-likeness (QED) is 0.664. The highest BCUT2D eigenvalue weighted by Crippen LogP contribution is 2.25. The average molecular weight is 319 g/mol. The van der Waals surface area contributed by atoms with Crippen LogP contribution < -0.4 is 11.3 Å². The predicted octanol–water partition coefficient (Wildman–Crippen LogP) is 3.81. The lowest BCUT2D eigenvalue weighted by Gasteiger charge is -2.21. The summed E-state index contributed by atoms with van der Waals surface area (Å²) < 4.78 is 1.10. The molecule has 2 aromatic carbocycles. The largest absolute Gasteiger partial charge is 0.271 e. The summed E-state index contributed by atoms with van der Waals surface area (Å²) in [5.74, 6) is 5.76. The predicted molar refractivity (Wildman–Crippen MR) is 83.8 cm³/mol. The van der Waals surface area contributed by atoms with Crippen molar-refractivity contribution < 1.29 is 0 Å². The number of aryl methyl sites for hydroxylation is 2. The number of benzene rings is 2. The molecule has 0 aliphatic carbocycles. The van der Waals surface area contributed by atoms with Gasteiger partial charge >= 0.3 is 0 Å². The molecule has 2 rings (SSSR count). The van der Waals surface area contributed by atoms with Crippen LogP contribution in [0.25, 0.3) is 0 Å². The molecule has 2 nitrogen and oxygen atoms in total. The van der Waals surface area contributed by atoms with E-state index in [9.17, 15) is 0 Å². The third-order valence-corrected chi connectivity index (χ3v) is 3.97. The fraction of sp³-hybridized carbons (Fsp3) is 0.250. The molecule has 3 heteroatoms. The van der Waals surface area contributed by atoms with Crippen molar-refractivity contribution in [1.82, 2.24) is 5.43 Å². The first-order valence-corrected chi connectivity index (χ1v) is 7.18. The van der Waals surface area contributed by atoms with Crippen molar-refractivity contribution in [2.75, 3.05) is 0 Å². The highest BCUT2D eigenvalue weighted by molar-refractivity contribution is 9.10. The summed E-state index contributed by atoms with van der Waals surface area (Å²) in [6.07, 6.45) is 0.884. The lowest BCUT2D eigenvalue weighted by atomic mass is 9.92. The van der Waals surface area contributed by atoms with Crippen LogP contribution in [0.5, 0.6) is 0 Å². The Balaban J connectivity index is 2.27. The van der Waals surface area contributed by atoms with Gasteiger partial charge in [0.15, 0.2) is 0 Å². The van der Waals surface area contributed by atoms with Crippen molar-refractivity contribution in [3.8, 4) is 0 Å². The molecule has 0 radical (unpaired) electrons. The summed E-state index contributed by atoms with van der Waals surface area (Å²) in [5, 5.41) is 0. The highest BCUT2D eigenvalue weighted by atomic mass is 79.9. The highest BCUT2D eigenvalue weighted by Gasteiger charge is 2.15. The third kappa shape index (κ3) is 3.44. The van der Waals surface area contributed by atoms with Gasteiger partial charge in [-0.2, -0.15) is 0 Å². The van der Waals surface area contributed by atoms with Crippen LogP contribution in [-0.2, 0) is 6.42 Å². The summed E-state index contributed by atoms with van der Waals surface area (Å²) in [5.41, 5.74) is 8.08. The molecule has 1 atom stereocenters. The molecule has 0 bridgehead atoms. The van der Waals surface area contributed by atoms with Crippen LogP contribution in [0, 0.1) is 13.8 Å². The van der Waals surface area contributed by atoms with Gasteiger partial charge in [-0.3, -0.25) is 11.3 Å². The van der Waals surface area contributed by atoms with E-state index in [1.165, 1.54) is 22.3 Å². The maximum atomic E-state index is 5.76. The third-order valence-electron chi connectivity index (χ3n) is 3.44. The smallest absolute Gasteiger partial charge is 0.0505 e. The molecular formula is C16H19BrN2. The van der Waals surface area contributed by atoms with Gasteiger partial charge in [0, 0.05) is 4.47 Å². The monoisotopic (exact) mass is 318 g/mol. The van der Waals surface area contributed by atoms with Gasteiger partial charge in [0.25, 0.3) is 0 Å². The molecule has 100 valence electrons. The summed E-state index contributed by atoms with van der Waals surface area (Å²) in [7, 11) is 0. The van der Waals surface area contributed by atoms with E-state index in [0.29, 0.717) is 0 Å². The van der Waals surface area contributed by atoms with Crippen molar-refractivity contribution in [3.05, 3.63) is 69.2 Å². The van der Waals surface area contributed by atoms with Crippen LogP contribution in [0.1, 0.15) is 28.3 Å². The first-order chi connectivity index (χ1) is 9.11. The second kappa shape index (κ2) is 6.33. The fourth-order valence-electron chi connectivity index (χ4n) is 2.48. The van der Waals surface area contributed by atoms with Crippen molar-refractivity contribution >= 4 is 15.9 Å². The van der Waals surface area contributed by atoms with Crippen molar-refractivity contribution in [1.29, 1.82) is 0 Å².